The van der Waals surface area contributed by atoms with Crippen LogP contribution >= 0.6 is 0 Å². The summed E-state index contributed by atoms with van der Waals surface area (Å²) in [6, 6.07) is -0.171. The van der Waals surface area contributed by atoms with Crippen LogP contribution in [-0.4, -0.2) is 29.3 Å². The maximum absolute atomic E-state index is 12.4. The van der Waals surface area contributed by atoms with Gasteiger partial charge in [-0.3, -0.25) is 14.5 Å². The topological polar surface area (TPSA) is 63.4 Å². The predicted octanol–water partition coefficient (Wildman–Crippen LogP) is 1.39. The summed E-state index contributed by atoms with van der Waals surface area (Å²) in [5.74, 6) is 0.231. The van der Waals surface area contributed by atoms with Crippen LogP contribution in [0, 0.1) is 17.3 Å². The third kappa shape index (κ3) is 2.23. The number of likely N-dealkylation sites (tertiary alicyclic amines) is 1. The Morgan fingerprint density at radius 2 is 1.82 bits per heavy atom. The SMILES string of the molecule is CC(C)C(CN)N1C(=O)CC(C)(C(C)C)C1=O. The minimum absolute atomic E-state index is 0.0540. The highest BCUT2D eigenvalue weighted by Crippen LogP contribution is 2.40. The number of hydrogen-bond donors (Lipinski definition) is 1. The lowest BCUT2D eigenvalue weighted by Gasteiger charge is -2.31. The van der Waals surface area contributed by atoms with Crippen molar-refractivity contribution < 1.29 is 9.59 Å². The van der Waals surface area contributed by atoms with Crippen LogP contribution in [-0.2, 0) is 9.59 Å². The highest BCUT2D eigenvalue weighted by Gasteiger charge is 2.52. The molecule has 1 fully saturated rings. The molecule has 2 atom stereocenters. The van der Waals surface area contributed by atoms with Crippen LogP contribution < -0.4 is 5.73 Å². The van der Waals surface area contributed by atoms with E-state index in [0.29, 0.717) is 13.0 Å². The van der Waals surface area contributed by atoms with E-state index in [2.05, 4.69) is 0 Å². The monoisotopic (exact) mass is 240 g/mol. The quantitative estimate of drug-likeness (QED) is 0.755. The summed E-state index contributed by atoms with van der Waals surface area (Å²) >= 11 is 0. The fourth-order valence-corrected chi connectivity index (χ4v) is 2.33. The maximum atomic E-state index is 12.4. The molecule has 0 aliphatic carbocycles. The summed E-state index contributed by atoms with van der Waals surface area (Å²) in [5.41, 5.74) is 5.14. The van der Waals surface area contributed by atoms with Crippen molar-refractivity contribution in [1.29, 1.82) is 0 Å². The highest BCUT2D eigenvalue weighted by atomic mass is 16.2. The van der Waals surface area contributed by atoms with Crippen LogP contribution in [0.3, 0.4) is 0 Å². The van der Waals surface area contributed by atoms with Crippen LogP contribution in [0.15, 0.2) is 0 Å². The van der Waals surface area contributed by atoms with E-state index in [-0.39, 0.29) is 29.7 Å². The van der Waals surface area contributed by atoms with E-state index in [1.807, 2.05) is 34.6 Å². The normalized spacial score (nSPS) is 27.4. The summed E-state index contributed by atoms with van der Waals surface area (Å²) in [5, 5.41) is 0. The number of nitrogens with zero attached hydrogens (tertiary/aromatic N) is 1. The lowest BCUT2D eigenvalue weighted by atomic mass is 9.77. The second-order valence-corrected chi connectivity index (χ2v) is 5.86. The molecule has 98 valence electrons. The van der Waals surface area contributed by atoms with Gasteiger partial charge in [0.1, 0.15) is 0 Å². The van der Waals surface area contributed by atoms with Gasteiger partial charge in [0.2, 0.25) is 11.8 Å². The summed E-state index contributed by atoms with van der Waals surface area (Å²) in [4.78, 5) is 25.9. The smallest absolute Gasteiger partial charge is 0.236 e. The molecule has 2 N–H and O–H groups in total. The van der Waals surface area contributed by atoms with Crippen LogP contribution in [0.25, 0.3) is 0 Å². The van der Waals surface area contributed by atoms with E-state index in [9.17, 15) is 9.59 Å². The molecule has 1 heterocycles. The molecule has 1 saturated heterocycles. The predicted molar refractivity (Wildman–Crippen MR) is 67.1 cm³/mol. The van der Waals surface area contributed by atoms with E-state index in [0.717, 1.165) is 0 Å². The molecule has 1 aliphatic heterocycles. The molecule has 1 aliphatic rings. The van der Waals surface area contributed by atoms with Crippen molar-refractivity contribution in [3.8, 4) is 0 Å². The average molecular weight is 240 g/mol. The molecule has 4 heteroatoms. The zero-order chi connectivity index (χ0) is 13.4. The average Bonchev–Trinajstić information content (AvgIpc) is 2.43. The first-order chi connectivity index (χ1) is 7.75. The molecule has 1 rings (SSSR count). The van der Waals surface area contributed by atoms with Gasteiger partial charge in [0, 0.05) is 13.0 Å². The fourth-order valence-electron chi connectivity index (χ4n) is 2.33. The van der Waals surface area contributed by atoms with E-state index in [4.69, 9.17) is 5.73 Å². The van der Waals surface area contributed by atoms with Gasteiger partial charge in [0.15, 0.2) is 0 Å². The summed E-state index contributed by atoms with van der Waals surface area (Å²) in [6.45, 7) is 10.2. The Morgan fingerprint density at radius 3 is 2.12 bits per heavy atom. The van der Waals surface area contributed by atoms with Gasteiger partial charge in [-0.2, -0.15) is 0 Å². The molecule has 0 spiro atoms. The molecule has 4 nitrogen and oxygen atoms in total. The Morgan fingerprint density at radius 1 is 1.29 bits per heavy atom. The Kier molecular flexibility index (Phi) is 3.97. The third-order valence-corrected chi connectivity index (χ3v) is 4.11. The van der Waals surface area contributed by atoms with Crippen molar-refractivity contribution in [3.63, 3.8) is 0 Å². The number of hydrogen-bond acceptors (Lipinski definition) is 3. The first-order valence-electron chi connectivity index (χ1n) is 6.32. The van der Waals surface area contributed by atoms with Gasteiger partial charge < -0.3 is 5.73 Å². The van der Waals surface area contributed by atoms with E-state index >= 15 is 0 Å². The Hall–Kier alpha value is -0.900. The molecule has 0 bridgehead atoms. The molecule has 0 aromatic heterocycles. The van der Waals surface area contributed by atoms with Crippen molar-refractivity contribution in [2.24, 2.45) is 23.0 Å². The highest BCUT2D eigenvalue weighted by molar-refractivity contribution is 6.06. The van der Waals surface area contributed by atoms with Crippen molar-refractivity contribution in [2.45, 2.75) is 47.1 Å². The third-order valence-electron chi connectivity index (χ3n) is 4.11. The molecular weight excluding hydrogens is 216 g/mol. The minimum atomic E-state index is -0.556. The van der Waals surface area contributed by atoms with Crippen molar-refractivity contribution in [2.75, 3.05) is 6.54 Å². The van der Waals surface area contributed by atoms with Gasteiger partial charge >= 0.3 is 0 Å². The fraction of sp³-hybridized carbons (Fsp3) is 0.846. The lowest BCUT2D eigenvalue weighted by Crippen LogP contribution is -2.49. The summed E-state index contributed by atoms with van der Waals surface area (Å²) in [6.07, 6.45) is 0.312. The first kappa shape index (κ1) is 14.2. The Balaban J connectivity index is 3.04. The standard InChI is InChI=1S/C13H24N2O2/c1-8(2)10(7-14)15-11(16)6-13(5,9(3)4)12(15)17/h8-10H,6-7,14H2,1-5H3. The lowest BCUT2D eigenvalue weighted by molar-refractivity contribution is -0.145. The summed E-state index contributed by atoms with van der Waals surface area (Å²) < 4.78 is 0. The Bertz CT molecular complexity index is 325. The van der Waals surface area contributed by atoms with Crippen LogP contribution in [0.4, 0.5) is 0 Å². The van der Waals surface area contributed by atoms with Crippen LogP contribution in [0.1, 0.15) is 41.0 Å². The van der Waals surface area contributed by atoms with E-state index in [1.54, 1.807) is 0 Å². The molecule has 0 aromatic rings. The van der Waals surface area contributed by atoms with E-state index in [1.165, 1.54) is 4.90 Å². The first-order valence-corrected chi connectivity index (χ1v) is 6.32. The Labute approximate surface area is 104 Å². The number of carbonyl (C=O) groups is 2. The van der Waals surface area contributed by atoms with Crippen molar-refractivity contribution in [3.05, 3.63) is 0 Å². The maximum Gasteiger partial charge on any atom is 0.236 e. The summed E-state index contributed by atoms with van der Waals surface area (Å²) in [7, 11) is 0. The van der Waals surface area contributed by atoms with Gasteiger partial charge in [0.25, 0.3) is 0 Å². The molecule has 2 unspecified atom stereocenters. The number of nitrogens with two attached hydrogens (primary N) is 1. The molecule has 17 heavy (non-hydrogen) atoms. The van der Waals surface area contributed by atoms with Gasteiger partial charge in [-0.05, 0) is 18.8 Å². The second-order valence-electron chi connectivity index (χ2n) is 5.86. The zero-order valence-electron chi connectivity index (χ0n) is 11.5. The molecule has 2 amide bonds. The van der Waals surface area contributed by atoms with Gasteiger partial charge in [-0.1, -0.05) is 27.7 Å². The number of amides is 2. The molecule has 0 aromatic carbocycles. The van der Waals surface area contributed by atoms with Crippen LogP contribution in [0.2, 0.25) is 0 Å². The molecule has 0 radical (unpaired) electrons. The zero-order valence-corrected chi connectivity index (χ0v) is 11.5. The number of carbonyl (C=O) groups excluding carboxylic acids is 2. The van der Waals surface area contributed by atoms with Crippen LogP contribution in [0.5, 0.6) is 0 Å². The minimum Gasteiger partial charge on any atom is -0.328 e. The van der Waals surface area contributed by atoms with Crippen molar-refractivity contribution >= 4 is 11.8 Å². The largest absolute Gasteiger partial charge is 0.328 e. The number of imide groups is 1. The van der Waals surface area contributed by atoms with Gasteiger partial charge in [0.05, 0.1) is 11.5 Å². The second kappa shape index (κ2) is 4.77. The molecule has 0 saturated carbocycles. The molecular formula is C13H24N2O2. The number of rotatable bonds is 4. The van der Waals surface area contributed by atoms with E-state index < -0.39 is 5.41 Å². The van der Waals surface area contributed by atoms with Gasteiger partial charge in [-0.25, -0.2) is 0 Å². The van der Waals surface area contributed by atoms with Gasteiger partial charge in [-0.15, -0.1) is 0 Å². The van der Waals surface area contributed by atoms with Crippen molar-refractivity contribution in [1.82, 2.24) is 4.90 Å².